The van der Waals surface area contributed by atoms with Gasteiger partial charge in [-0.2, -0.15) is 0 Å². The first-order chi connectivity index (χ1) is 10.1. The zero-order chi connectivity index (χ0) is 15.2. The number of nitrogens with zero attached hydrogens (tertiary/aromatic N) is 1. The first kappa shape index (κ1) is 15.8. The van der Waals surface area contributed by atoms with E-state index in [1.807, 2.05) is 6.07 Å². The zero-order valence-electron chi connectivity index (χ0n) is 12.8. The average Bonchev–Trinajstić information content (AvgIpc) is 2.51. The molecule has 5 nitrogen and oxygen atoms in total. The number of carbonyl (C=O) groups is 1. The predicted molar refractivity (Wildman–Crippen MR) is 83.0 cm³/mol. The molecule has 2 unspecified atom stereocenters. The van der Waals surface area contributed by atoms with E-state index < -0.39 is 0 Å². The summed E-state index contributed by atoms with van der Waals surface area (Å²) in [5, 5.41) is 0. The molecule has 116 valence electrons. The van der Waals surface area contributed by atoms with Crippen molar-refractivity contribution in [3.8, 4) is 5.75 Å². The van der Waals surface area contributed by atoms with Crippen LogP contribution in [0.5, 0.6) is 5.75 Å². The molecule has 1 amide bonds. The second-order valence-corrected chi connectivity index (χ2v) is 5.71. The van der Waals surface area contributed by atoms with Crippen molar-refractivity contribution < 1.29 is 9.53 Å². The van der Waals surface area contributed by atoms with Crippen molar-refractivity contribution >= 4 is 5.91 Å². The monoisotopic (exact) mass is 291 g/mol. The molecule has 1 aromatic rings. The number of para-hydroxylation sites is 1. The molecule has 0 spiro atoms. The number of amides is 1. The Morgan fingerprint density at radius 2 is 2.19 bits per heavy atom. The van der Waals surface area contributed by atoms with Gasteiger partial charge in [-0.3, -0.25) is 15.1 Å². The number of rotatable bonds is 5. The summed E-state index contributed by atoms with van der Waals surface area (Å²) in [6.45, 7) is 7.16. The van der Waals surface area contributed by atoms with Gasteiger partial charge in [-0.1, -0.05) is 19.1 Å². The highest BCUT2D eigenvalue weighted by molar-refractivity contribution is 5.96. The number of nitrogens with two attached hydrogens (primary N) is 1. The van der Waals surface area contributed by atoms with E-state index in [1.165, 1.54) is 12.8 Å². The number of nitrogens with one attached hydrogen (secondary N) is 1. The number of piperidine rings is 1. The van der Waals surface area contributed by atoms with E-state index in [0.717, 1.165) is 19.0 Å². The highest BCUT2D eigenvalue weighted by Gasteiger charge is 2.24. The molecule has 0 saturated carbocycles. The maximum absolute atomic E-state index is 11.7. The van der Waals surface area contributed by atoms with Crippen molar-refractivity contribution in [2.24, 2.45) is 11.8 Å². The highest BCUT2D eigenvalue weighted by Crippen LogP contribution is 2.23. The molecule has 1 saturated heterocycles. The molecule has 3 N–H and O–H groups in total. The normalized spacial score (nSPS) is 22.8. The van der Waals surface area contributed by atoms with E-state index in [4.69, 9.17) is 10.6 Å². The van der Waals surface area contributed by atoms with Crippen molar-refractivity contribution in [1.82, 2.24) is 10.3 Å². The third-order valence-electron chi connectivity index (χ3n) is 4.40. The van der Waals surface area contributed by atoms with Crippen molar-refractivity contribution in [2.45, 2.75) is 32.7 Å². The molecule has 2 atom stereocenters. The number of hydrogen-bond donors (Lipinski definition) is 2. The zero-order valence-corrected chi connectivity index (χ0v) is 12.8. The predicted octanol–water partition coefficient (Wildman–Crippen LogP) is 1.79. The van der Waals surface area contributed by atoms with Gasteiger partial charge in [0.05, 0.1) is 5.56 Å². The van der Waals surface area contributed by atoms with Crippen LogP contribution in [0.2, 0.25) is 0 Å². The number of likely N-dealkylation sites (tertiary alicyclic amines) is 1. The first-order valence-electron chi connectivity index (χ1n) is 7.60. The second kappa shape index (κ2) is 7.43. The minimum Gasteiger partial charge on any atom is -0.491 e. The largest absolute Gasteiger partial charge is 0.491 e. The number of ether oxygens (including phenoxy) is 1. The van der Waals surface area contributed by atoms with Gasteiger partial charge >= 0.3 is 0 Å². The van der Waals surface area contributed by atoms with Crippen molar-refractivity contribution in [3.63, 3.8) is 0 Å². The van der Waals surface area contributed by atoms with Gasteiger partial charge in [0.2, 0.25) is 0 Å². The Balaban J connectivity index is 1.90. The molecular weight excluding hydrogens is 266 g/mol. The fraction of sp³-hybridized carbons (Fsp3) is 0.562. The summed E-state index contributed by atoms with van der Waals surface area (Å²) in [7, 11) is 0. The van der Waals surface area contributed by atoms with Gasteiger partial charge in [0.1, 0.15) is 12.4 Å². The molecule has 2 rings (SSSR count). The molecular formula is C16H25N3O2. The number of carbonyl (C=O) groups excluding carboxylic acids is 1. The lowest BCUT2D eigenvalue weighted by Crippen LogP contribution is -2.44. The SMILES string of the molecule is CC1CCCN(CCOc2ccccc2C(=O)NN)C1C. The Kier molecular flexibility index (Phi) is 5.59. The van der Waals surface area contributed by atoms with Crippen LogP contribution >= 0.6 is 0 Å². The van der Waals surface area contributed by atoms with Gasteiger partial charge in [-0.15, -0.1) is 0 Å². The minimum absolute atomic E-state index is 0.328. The molecule has 0 aromatic heterocycles. The number of nitrogen functional groups attached to an aromatic ring is 1. The molecule has 1 aliphatic rings. The number of benzene rings is 1. The summed E-state index contributed by atoms with van der Waals surface area (Å²) < 4.78 is 5.79. The van der Waals surface area contributed by atoms with E-state index in [0.29, 0.717) is 24.0 Å². The Morgan fingerprint density at radius 1 is 1.43 bits per heavy atom. The van der Waals surface area contributed by atoms with Gasteiger partial charge in [0.25, 0.3) is 5.91 Å². The maximum atomic E-state index is 11.7. The Morgan fingerprint density at radius 3 is 2.95 bits per heavy atom. The fourth-order valence-corrected chi connectivity index (χ4v) is 2.87. The summed E-state index contributed by atoms with van der Waals surface area (Å²) in [5.74, 6) is 6.17. The third-order valence-corrected chi connectivity index (χ3v) is 4.40. The van der Waals surface area contributed by atoms with Gasteiger partial charge in [0, 0.05) is 12.6 Å². The molecule has 0 radical (unpaired) electrons. The Bertz CT molecular complexity index is 478. The quantitative estimate of drug-likeness (QED) is 0.493. The highest BCUT2D eigenvalue weighted by atomic mass is 16.5. The van der Waals surface area contributed by atoms with Gasteiger partial charge < -0.3 is 4.74 Å². The summed E-state index contributed by atoms with van der Waals surface area (Å²) in [4.78, 5) is 14.1. The molecule has 1 heterocycles. The van der Waals surface area contributed by atoms with E-state index in [1.54, 1.807) is 18.2 Å². The van der Waals surface area contributed by atoms with Gasteiger partial charge in [-0.25, -0.2) is 5.84 Å². The van der Waals surface area contributed by atoms with Gasteiger partial charge in [-0.05, 0) is 44.4 Å². The van der Waals surface area contributed by atoms with Crippen molar-refractivity contribution in [1.29, 1.82) is 0 Å². The smallest absolute Gasteiger partial charge is 0.268 e. The lowest BCUT2D eigenvalue weighted by molar-refractivity contribution is 0.0919. The van der Waals surface area contributed by atoms with Crippen LogP contribution in [0.1, 0.15) is 37.0 Å². The van der Waals surface area contributed by atoms with E-state index >= 15 is 0 Å². The van der Waals surface area contributed by atoms with Crippen molar-refractivity contribution in [2.75, 3.05) is 19.7 Å². The standard InChI is InChI=1S/C16H25N3O2/c1-12-6-5-9-19(13(12)2)10-11-21-15-8-4-3-7-14(15)16(20)18-17/h3-4,7-8,12-13H,5-6,9-11,17H2,1-2H3,(H,18,20). The number of hydrazine groups is 1. The van der Waals surface area contributed by atoms with Crippen LogP contribution in [-0.2, 0) is 0 Å². The summed E-state index contributed by atoms with van der Waals surface area (Å²) in [5.41, 5.74) is 2.62. The molecule has 0 bridgehead atoms. The van der Waals surface area contributed by atoms with Crippen LogP contribution in [0.15, 0.2) is 24.3 Å². The molecule has 1 fully saturated rings. The lowest BCUT2D eigenvalue weighted by atomic mass is 9.92. The maximum Gasteiger partial charge on any atom is 0.268 e. The molecule has 21 heavy (non-hydrogen) atoms. The fourth-order valence-electron chi connectivity index (χ4n) is 2.87. The van der Waals surface area contributed by atoms with Crippen LogP contribution in [-0.4, -0.2) is 36.5 Å². The van der Waals surface area contributed by atoms with Crippen LogP contribution in [0.25, 0.3) is 0 Å². The van der Waals surface area contributed by atoms with Crippen LogP contribution in [0, 0.1) is 5.92 Å². The average molecular weight is 291 g/mol. The Labute approximate surface area is 126 Å². The topological polar surface area (TPSA) is 67.6 Å². The summed E-state index contributed by atoms with van der Waals surface area (Å²) in [6.07, 6.45) is 2.55. The minimum atomic E-state index is -0.328. The van der Waals surface area contributed by atoms with Crippen LogP contribution < -0.4 is 16.0 Å². The van der Waals surface area contributed by atoms with Crippen LogP contribution in [0.4, 0.5) is 0 Å². The van der Waals surface area contributed by atoms with E-state index in [9.17, 15) is 4.79 Å². The van der Waals surface area contributed by atoms with Crippen LogP contribution in [0.3, 0.4) is 0 Å². The molecule has 1 aromatic carbocycles. The lowest BCUT2D eigenvalue weighted by Gasteiger charge is -2.37. The molecule has 5 heteroatoms. The van der Waals surface area contributed by atoms with E-state index in [2.05, 4.69) is 24.2 Å². The Hall–Kier alpha value is -1.59. The summed E-state index contributed by atoms with van der Waals surface area (Å²) >= 11 is 0. The second-order valence-electron chi connectivity index (χ2n) is 5.71. The first-order valence-corrected chi connectivity index (χ1v) is 7.60. The summed E-state index contributed by atoms with van der Waals surface area (Å²) in [6, 6.07) is 7.75. The van der Waals surface area contributed by atoms with Crippen molar-refractivity contribution in [3.05, 3.63) is 29.8 Å². The number of hydrogen-bond acceptors (Lipinski definition) is 4. The third kappa shape index (κ3) is 3.95. The van der Waals surface area contributed by atoms with Gasteiger partial charge in [0.15, 0.2) is 0 Å². The molecule has 1 aliphatic heterocycles. The van der Waals surface area contributed by atoms with E-state index in [-0.39, 0.29) is 5.91 Å². The molecule has 0 aliphatic carbocycles.